The maximum Gasteiger partial charge on any atom is 0.227 e. The van der Waals surface area contributed by atoms with E-state index in [0.29, 0.717) is 13.1 Å². The second kappa shape index (κ2) is 6.66. The van der Waals surface area contributed by atoms with E-state index in [2.05, 4.69) is 10.3 Å². The standard InChI is InChI=1S/C15H23N3O/c16-12-15(7-3-1-2-4-8-15)14(19)18-11-13-5-9-17-10-6-13/h5-6,9-10H,1-4,7-8,11-12,16H2,(H,18,19). The van der Waals surface area contributed by atoms with Gasteiger partial charge in [-0.25, -0.2) is 0 Å². The number of hydrogen-bond acceptors (Lipinski definition) is 3. The Morgan fingerprint density at radius 1 is 1.21 bits per heavy atom. The van der Waals surface area contributed by atoms with Gasteiger partial charge in [0.25, 0.3) is 0 Å². The molecule has 1 heterocycles. The van der Waals surface area contributed by atoms with Gasteiger partial charge in [0.2, 0.25) is 5.91 Å². The maximum absolute atomic E-state index is 12.5. The molecule has 0 atom stereocenters. The van der Waals surface area contributed by atoms with E-state index in [9.17, 15) is 4.79 Å². The summed E-state index contributed by atoms with van der Waals surface area (Å²) in [5, 5.41) is 3.04. The Hall–Kier alpha value is -1.42. The van der Waals surface area contributed by atoms with Crippen LogP contribution in [0.1, 0.15) is 44.1 Å². The topological polar surface area (TPSA) is 68.0 Å². The van der Waals surface area contributed by atoms with Crippen LogP contribution in [-0.4, -0.2) is 17.4 Å². The number of carbonyl (C=O) groups is 1. The first-order valence-corrected chi connectivity index (χ1v) is 7.14. The van der Waals surface area contributed by atoms with Gasteiger partial charge in [0.1, 0.15) is 0 Å². The third-order valence-electron chi connectivity index (χ3n) is 4.14. The number of pyridine rings is 1. The molecule has 4 heteroatoms. The lowest BCUT2D eigenvalue weighted by molar-refractivity contribution is -0.131. The number of aromatic nitrogens is 1. The Kier molecular flexibility index (Phi) is 4.91. The van der Waals surface area contributed by atoms with E-state index in [1.165, 1.54) is 12.8 Å². The number of nitrogens with two attached hydrogens (primary N) is 1. The molecule has 0 aromatic carbocycles. The largest absolute Gasteiger partial charge is 0.352 e. The fourth-order valence-corrected chi connectivity index (χ4v) is 2.80. The number of hydrogen-bond donors (Lipinski definition) is 2. The number of rotatable bonds is 4. The molecule has 1 aromatic heterocycles. The summed E-state index contributed by atoms with van der Waals surface area (Å²) < 4.78 is 0. The van der Waals surface area contributed by atoms with Gasteiger partial charge in [-0.3, -0.25) is 9.78 Å². The third kappa shape index (κ3) is 3.53. The number of amides is 1. The molecule has 0 radical (unpaired) electrons. The lowest BCUT2D eigenvalue weighted by Gasteiger charge is -2.29. The highest BCUT2D eigenvalue weighted by molar-refractivity contribution is 5.82. The van der Waals surface area contributed by atoms with Crippen LogP contribution in [0.25, 0.3) is 0 Å². The summed E-state index contributed by atoms with van der Waals surface area (Å²) in [6, 6.07) is 3.84. The van der Waals surface area contributed by atoms with Gasteiger partial charge in [0.15, 0.2) is 0 Å². The summed E-state index contributed by atoms with van der Waals surface area (Å²) in [6.45, 7) is 1.01. The van der Waals surface area contributed by atoms with Gasteiger partial charge in [0, 0.05) is 25.5 Å². The smallest absolute Gasteiger partial charge is 0.227 e. The van der Waals surface area contributed by atoms with E-state index in [0.717, 1.165) is 31.2 Å². The zero-order chi connectivity index (χ0) is 13.6. The molecule has 1 saturated carbocycles. The van der Waals surface area contributed by atoms with E-state index in [1.54, 1.807) is 12.4 Å². The van der Waals surface area contributed by atoms with Crippen LogP contribution >= 0.6 is 0 Å². The van der Waals surface area contributed by atoms with Crippen molar-refractivity contribution in [3.63, 3.8) is 0 Å². The van der Waals surface area contributed by atoms with Crippen molar-refractivity contribution in [2.75, 3.05) is 6.54 Å². The first kappa shape index (κ1) is 14.0. The van der Waals surface area contributed by atoms with Crippen LogP contribution in [0.15, 0.2) is 24.5 Å². The quantitative estimate of drug-likeness (QED) is 0.815. The number of carbonyl (C=O) groups excluding carboxylic acids is 1. The van der Waals surface area contributed by atoms with Gasteiger partial charge >= 0.3 is 0 Å². The molecule has 0 unspecified atom stereocenters. The molecular formula is C15H23N3O. The van der Waals surface area contributed by atoms with Crippen molar-refractivity contribution in [3.8, 4) is 0 Å². The minimum atomic E-state index is -0.344. The maximum atomic E-state index is 12.5. The van der Waals surface area contributed by atoms with Gasteiger partial charge in [-0.1, -0.05) is 25.7 Å². The second-order valence-corrected chi connectivity index (χ2v) is 5.44. The van der Waals surface area contributed by atoms with E-state index < -0.39 is 0 Å². The summed E-state index contributed by atoms with van der Waals surface area (Å²) >= 11 is 0. The molecule has 19 heavy (non-hydrogen) atoms. The molecule has 3 N–H and O–H groups in total. The summed E-state index contributed by atoms with van der Waals surface area (Å²) in [6.07, 6.45) is 9.99. The minimum Gasteiger partial charge on any atom is -0.352 e. The minimum absolute atomic E-state index is 0.119. The summed E-state index contributed by atoms with van der Waals surface area (Å²) in [5.74, 6) is 0.119. The van der Waals surface area contributed by atoms with Crippen LogP contribution in [0.3, 0.4) is 0 Å². The first-order chi connectivity index (χ1) is 9.27. The lowest BCUT2D eigenvalue weighted by atomic mass is 9.79. The molecule has 0 bridgehead atoms. The molecule has 2 rings (SSSR count). The molecule has 1 aromatic rings. The van der Waals surface area contributed by atoms with Crippen molar-refractivity contribution in [1.29, 1.82) is 0 Å². The molecule has 1 aliphatic carbocycles. The monoisotopic (exact) mass is 261 g/mol. The fraction of sp³-hybridized carbons (Fsp3) is 0.600. The van der Waals surface area contributed by atoms with Gasteiger partial charge < -0.3 is 11.1 Å². The van der Waals surface area contributed by atoms with Crippen LogP contribution < -0.4 is 11.1 Å². The van der Waals surface area contributed by atoms with Crippen molar-refractivity contribution >= 4 is 5.91 Å². The van der Waals surface area contributed by atoms with E-state index in [1.807, 2.05) is 12.1 Å². The average Bonchev–Trinajstić information content (AvgIpc) is 2.72. The zero-order valence-electron chi connectivity index (χ0n) is 11.4. The van der Waals surface area contributed by atoms with Gasteiger partial charge in [-0.05, 0) is 30.5 Å². The molecular weight excluding hydrogens is 238 g/mol. The molecule has 0 saturated heterocycles. The van der Waals surface area contributed by atoms with Crippen molar-refractivity contribution in [2.24, 2.45) is 11.1 Å². The molecule has 0 spiro atoms. The van der Waals surface area contributed by atoms with Gasteiger partial charge in [0.05, 0.1) is 5.41 Å². The SMILES string of the molecule is NCC1(C(=O)NCc2ccncc2)CCCCCC1. The molecule has 4 nitrogen and oxygen atoms in total. The van der Waals surface area contributed by atoms with Gasteiger partial charge in [-0.2, -0.15) is 0 Å². The van der Waals surface area contributed by atoms with Crippen molar-refractivity contribution in [3.05, 3.63) is 30.1 Å². The van der Waals surface area contributed by atoms with Crippen molar-refractivity contribution in [2.45, 2.75) is 45.1 Å². The Labute approximate surface area is 114 Å². The fourth-order valence-electron chi connectivity index (χ4n) is 2.80. The molecule has 1 amide bonds. The Bertz CT molecular complexity index is 397. The van der Waals surface area contributed by atoms with E-state index in [4.69, 9.17) is 5.73 Å². The lowest BCUT2D eigenvalue weighted by Crippen LogP contribution is -2.45. The zero-order valence-corrected chi connectivity index (χ0v) is 11.4. The van der Waals surface area contributed by atoms with E-state index >= 15 is 0 Å². The normalized spacial score (nSPS) is 18.6. The highest BCUT2D eigenvalue weighted by Gasteiger charge is 2.36. The molecule has 0 aliphatic heterocycles. The van der Waals surface area contributed by atoms with E-state index in [-0.39, 0.29) is 11.3 Å². The van der Waals surface area contributed by atoms with Crippen LogP contribution in [0, 0.1) is 5.41 Å². The van der Waals surface area contributed by atoms with Crippen LogP contribution in [0.5, 0.6) is 0 Å². The highest BCUT2D eigenvalue weighted by Crippen LogP contribution is 2.34. The molecule has 1 fully saturated rings. The summed E-state index contributed by atoms with van der Waals surface area (Å²) in [7, 11) is 0. The van der Waals surface area contributed by atoms with Crippen LogP contribution in [0.2, 0.25) is 0 Å². The Morgan fingerprint density at radius 3 is 2.42 bits per heavy atom. The van der Waals surface area contributed by atoms with Gasteiger partial charge in [-0.15, -0.1) is 0 Å². The predicted octanol–water partition coefficient (Wildman–Crippen LogP) is 2.00. The Balaban J connectivity index is 1.96. The van der Waals surface area contributed by atoms with Crippen LogP contribution in [0.4, 0.5) is 0 Å². The highest BCUT2D eigenvalue weighted by atomic mass is 16.2. The molecule has 1 aliphatic rings. The number of nitrogens with zero attached hydrogens (tertiary/aromatic N) is 1. The summed E-state index contributed by atoms with van der Waals surface area (Å²) in [4.78, 5) is 16.4. The van der Waals surface area contributed by atoms with Crippen molar-refractivity contribution < 1.29 is 4.79 Å². The predicted molar refractivity (Wildman–Crippen MR) is 75.3 cm³/mol. The Morgan fingerprint density at radius 2 is 1.84 bits per heavy atom. The third-order valence-corrected chi connectivity index (χ3v) is 4.14. The van der Waals surface area contributed by atoms with Crippen molar-refractivity contribution in [1.82, 2.24) is 10.3 Å². The average molecular weight is 261 g/mol. The first-order valence-electron chi connectivity index (χ1n) is 7.14. The molecule has 104 valence electrons. The summed E-state index contributed by atoms with van der Waals surface area (Å²) in [5.41, 5.74) is 6.64. The second-order valence-electron chi connectivity index (χ2n) is 5.44. The number of nitrogens with one attached hydrogen (secondary N) is 1. The van der Waals surface area contributed by atoms with Crippen LogP contribution in [-0.2, 0) is 11.3 Å².